The van der Waals surface area contributed by atoms with Crippen LogP contribution < -0.4 is 5.32 Å². The van der Waals surface area contributed by atoms with E-state index in [0.717, 1.165) is 0 Å². The van der Waals surface area contributed by atoms with E-state index in [4.69, 9.17) is 4.42 Å². The van der Waals surface area contributed by atoms with Gasteiger partial charge in [0.15, 0.2) is 6.39 Å². The molecule has 2 atom stereocenters. The molecule has 4 amide bonds. The van der Waals surface area contributed by atoms with Crippen LogP contribution >= 0.6 is 11.8 Å². The van der Waals surface area contributed by atoms with Crippen molar-refractivity contribution in [3.63, 3.8) is 0 Å². The minimum atomic E-state index is -0.394. The molecule has 1 N–H and O–H groups in total. The second-order valence-electron chi connectivity index (χ2n) is 8.00. The van der Waals surface area contributed by atoms with Gasteiger partial charge in [0.25, 0.3) is 0 Å². The highest BCUT2D eigenvalue weighted by molar-refractivity contribution is 7.99. The van der Waals surface area contributed by atoms with Gasteiger partial charge in [-0.05, 0) is 0 Å². The molecule has 3 fully saturated rings. The van der Waals surface area contributed by atoms with Crippen molar-refractivity contribution in [3.8, 4) is 0 Å². The molecule has 4 heterocycles. The maximum Gasteiger partial charge on any atom is 0.246 e. The molecule has 162 valence electrons. The first-order chi connectivity index (χ1) is 14.3. The number of oxazole rings is 1. The number of carbonyl (C=O) groups excluding carboxylic acids is 4. The molecule has 10 nitrogen and oxygen atoms in total. The largest absolute Gasteiger partial charge is 0.448 e. The molecule has 0 aliphatic carbocycles. The molecule has 1 aromatic rings. The van der Waals surface area contributed by atoms with Crippen LogP contribution in [0.4, 0.5) is 0 Å². The fraction of sp³-hybridized carbons (Fsp3) is 0.632. The average molecular weight is 436 g/mol. The Morgan fingerprint density at radius 2 is 2.07 bits per heavy atom. The summed E-state index contributed by atoms with van der Waals surface area (Å²) in [5.74, 6) is 1.20. The summed E-state index contributed by atoms with van der Waals surface area (Å²) in [5, 5.41) is 2.84. The van der Waals surface area contributed by atoms with Gasteiger partial charge >= 0.3 is 0 Å². The lowest BCUT2D eigenvalue weighted by molar-refractivity contribution is -0.145. The first-order valence-electron chi connectivity index (χ1n) is 9.92. The highest BCUT2D eigenvalue weighted by Gasteiger charge is 2.42. The molecular weight excluding hydrogens is 410 g/mol. The SMILES string of the molecule is CC(=O)N1CSC[C@H]1C(=O)N1CC(c2ocnc2CNC(=O)C2CC(=O)N(C)C2)C1. The average Bonchev–Trinajstić information content (AvgIpc) is 3.39. The monoisotopic (exact) mass is 435 g/mol. The summed E-state index contributed by atoms with van der Waals surface area (Å²) in [6, 6.07) is -0.394. The van der Waals surface area contributed by atoms with E-state index < -0.39 is 6.04 Å². The zero-order chi connectivity index (χ0) is 21.4. The summed E-state index contributed by atoms with van der Waals surface area (Å²) in [5.41, 5.74) is 0.639. The third-order valence-corrected chi connectivity index (χ3v) is 6.96. The van der Waals surface area contributed by atoms with E-state index in [0.29, 0.717) is 42.7 Å². The molecule has 0 aromatic carbocycles. The molecule has 0 saturated carbocycles. The quantitative estimate of drug-likeness (QED) is 0.670. The summed E-state index contributed by atoms with van der Waals surface area (Å²) in [6.07, 6.45) is 1.57. The Labute approximate surface area is 178 Å². The number of likely N-dealkylation sites (tertiary alicyclic amines) is 2. The molecule has 3 aliphatic heterocycles. The van der Waals surface area contributed by atoms with Gasteiger partial charge in [0.2, 0.25) is 23.6 Å². The molecule has 4 rings (SSSR count). The van der Waals surface area contributed by atoms with Crippen LogP contribution in [0.1, 0.15) is 30.7 Å². The molecule has 30 heavy (non-hydrogen) atoms. The molecule has 3 aliphatic rings. The second kappa shape index (κ2) is 8.29. The number of amides is 4. The van der Waals surface area contributed by atoms with E-state index in [9.17, 15) is 19.2 Å². The number of aromatic nitrogens is 1. The Hall–Kier alpha value is -2.56. The smallest absolute Gasteiger partial charge is 0.246 e. The fourth-order valence-electron chi connectivity index (χ4n) is 4.09. The van der Waals surface area contributed by atoms with Crippen LogP contribution in [0.2, 0.25) is 0 Å². The van der Waals surface area contributed by atoms with Gasteiger partial charge < -0.3 is 24.4 Å². The van der Waals surface area contributed by atoms with Crippen molar-refractivity contribution in [2.24, 2.45) is 5.92 Å². The van der Waals surface area contributed by atoms with Crippen LogP contribution in [0.5, 0.6) is 0 Å². The maximum atomic E-state index is 12.7. The predicted octanol–water partition coefficient (Wildman–Crippen LogP) is -0.384. The lowest BCUT2D eigenvalue weighted by Gasteiger charge is -2.40. The minimum Gasteiger partial charge on any atom is -0.448 e. The zero-order valence-electron chi connectivity index (χ0n) is 17.0. The second-order valence-corrected chi connectivity index (χ2v) is 9.00. The summed E-state index contributed by atoms with van der Waals surface area (Å²) in [7, 11) is 1.69. The third kappa shape index (κ3) is 3.90. The lowest BCUT2D eigenvalue weighted by atomic mass is 9.94. The first kappa shape index (κ1) is 20.7. The summed E-state index contributed by atoms with van der Waals surface area (Å²) in [6.45, 7) is 3.14. The van der Waals surface area contributed by atoms with Crippen molar-refractivity contribution < 1.29 is 23.6 Å². The van der Waals surface area contributed by atoms with Gasteiger partial charge in [0.1, 0.15) is 17.5 Å². The van der Waals surface area contributed by atoms with Crippen LogP contribution in [0.25, 0.3) is 0 Å². The van der Waals surface area contributed by atoms with Gasteiger partial charge in [0, 0.05) is 45.8 Å². The normalized spacial score (nSPS) is 24.3. The Morgan fingerprint density at radius 3 is 2.73 bits per heavy atom. The lowest BCUT2D eigenvalue weighted by Crippen LogP contribution is -2.56. The predicted molar refractivity (Wildman–Crippen MR) is 107 cm³/mol. The molecule has 1 unspecified atom stereocenters. The van der Waals surface area contributed by atoms with E-state index in [1.54, 1.807) is 33.5 Å². The highest BCUT2D eigenvalue weighted by Crippen LogP contribution is 2.32. The molecule has 3 saturated heterocycles. The van der Waals surface area contributed by atoms with Crippen molar-refractivity contribution in [2.75, 3.05) is 38.3 Å². The number of thioether (sulfide) groups is 1. The molecule has 1 aromatic heterocycles. The Bertz CT molecular complexity index is 867. The molecule has 0 spiro atoms. The molecule has 0 bridgehead atoms. The van der Waals surface area contributed by atoms with Crippen LogP contribution in [0, 0.1) is 5.92 Å². The van der Waals surface area contributed by atoms with Crippen molar-refractivity contribution in [3.05, 3.63) is 17.8 Å². The zero-order valence-corrected chi connectivity index (χ0v) is 17.8. The minimum absolute atomic E-state index is 0.0161. The number of hydrogen-bond donors (Lipinski definition) is 1. The maximum absolute atomic E-state index is 12.7. The van der Waals surface area contributed by atoms with E-state index in [1.165, 1.54) is 13.3 Å². The van der Waals surface area contributed by atoms with Crippen LogP contribution in [-0.2, 0) is 25.7 Å². The van der Waals surface area contributed by atoms with Crippen molar-refractivity contribution in [1.29, 1.82) is 0 Å². The Morgan fingerprint density at radius 1 is 1.30 bits per heavy atom. The first-order valence-corrected chi connectivity index (χ1v) is 11.1. The van der Waals surface area contributed by atoms with E-state index in [1.807, 2.05) is 0 Å². The summed E-state index contributed by atoms with van der Waals surface area (Å²) < 4.78 is 5.54. The Balaban J connectivity index is 1.30. The van der Waals surface area contributed by atoms with Crippen LogP contribution in [0.15, 0.2) is 10.8 Å². The number of rotatable bonds is 5. The van der Waals surface area contributed by atoms with Gasteiger partial charge in [-0.15, -0.1) is 11.8 Å². The van der Waals surface area contributed by atoms with Gasteiger partial charge in [-0.25, -0.2) is 4.98 Å². The van der Waals surface area contributed by atoms with Gasteiger partial charge in [0.05, 0.1) is 24.3 Å². The van der Waals surface area contributed by atoms with Crippen molar-refractivity contribution in [2.45, 2.75) is 31.8 Å². The van der Waals surface area contributed by atoms with Gasteiger partial charge in [-0.3, -0.25) is 19.2 Å². The standard InChI is InChI=1S/C19H25N5O5S/c1-11(25)24-10-30-8-15(24)19(28)23-6-13(7-23)17-14(21-9-29-17)4-20-18(27)12-3-16(26)22(2)5-12/h9,12-13,15H,3-8,10H2,1-2H3,(H,20,27)/t12?,15-/m0/s1. The Kier molecular flexibility index (Phi) is 5.72. The fourth-order valence-corrected chi connectivity index (χ4v) is 5.30. The van der Waals surface area contributed by atoms with Crippen molar-refractivity contribution >= 4 is 35.4 Å². The van der Waals surface area contributed by atoms with E-state index >= 15 is 0 Å². The molecule has 11 heteroatoms. The van der Waals surface area contributed by atoms with Crippen LogP contribution in [-0.4, -0.2) is 87.7 Å². The summed E-state index contributed by atoms with van der Waals surface area (Å²) in [4.78, 5) is 57.5. The number of carbonyl (C=O) groups is 4. The van der Waals surface area contributed by atoms with E-state index in [2.05, 4.69) is 10.3 Å². The molecule has 0 radical (unpaired) electrons. The van der Waals surface area contributed by atoms with Gasteiger partial charge in [-0.2, -0.15) is 0 Å². The topological polar surface area (TPSA) is 116 Å². The van der Waals surface area contributed by atoms with Gasteiger partial charge in [-0.1, -0.05) is 0 Å². The number of nitrogens with zero attached hydrogens (tertiary/aromatic N) is 4. The molecular formula is C19H25N5O5S. The van der Waals surface area contributed by atoms with E-state index in [-0.39, 0.29) is 48.4 Å². The highest BCUT2D eigenvalue weighted by atomic mass is 32.2. The number of hydrogen-bond acceptors (Lipinski definition) is 7. The number of nitrogens with one attached hydrogen (secondary N) is 1. The third-order valence-electron chi connectivity index (χ3n) is 5.95. The van der Waals surface area contributed by atoms with Crippen molar-refractivity contribution in [1.82, 2.24) is 25.0 Å². The summed E-state index contributed by atoms with van der Waals surface area (Å²) >= 11 is 1.58. The van der Waals surface area contributed by atoms with Crippen LogP contribution in [0.3, 0.4) is 0 Å².